The highest BCUT2D eigenvalue weighted by atomic mass is 16.1. The monoisotopic (exact) mass is 423 g/mol. The van der Waals surface area contributed by atoms with Crippen LogP contribution in [0, 0.1) is 11.3 Å². The van der Waals surface area contributed by atoms with Crippen LogP contribution in [-0.2, 0) is 5.54 Å². The van der Waals surface area contributed by atoms with Gasteiger partial charge in [0, 0.05) is 43.3 Å². The molecule has 31 heavy (non-hydrogen) atoms. The second-order valence-electron chi connectivity index (χ2n) is 8.91. The lowest BCUT2D eigenvalue weighted by Gasteiger charge is -2.49. The number of hydrazine groups is 1. The molecule has 2 unspecified atom stereocenters. The number of aromatic nitrogens is 4. The summed E-state index contributed by atoms with van der Waals surface area (Å²) >= 11 is 0. The highest BCUT2D eigenvalue weighted by Crippen LogP contribution is 2.36. The van der Waals surface area contributed by atoms with Crippen molar-refractivity contribution >= 4 is 11.7 Å². The third-order valence-electron chi connectivity index (χ3n) is 6.08. The van der Waals surface area contributed by atoms with Gasteiger partial charge >= 0.3 is 0 Å². The molecule has 10 nitrogen and oxygen atoms in total. The number of hydrogen-bond donors (Lipinski definition) is 3. The van der Waals surface area contributed by atoms with Crippen LogP contribution >= 0.6 is 0 Å². The summed E-state index contributed by atoms with van der Waals surface area (Å²) in [6.45, 7) is 9.32. The normalized spacial score (nSPS) is 24.6. The summed E-state index contributed by atoms with van der Waals surface area (Å²) in [5.41, 5.74) is 7.62. The van der Waals surface area contributed by atoms with Crippen LogP contribution in [0.25, 0.3) is 0 Å². The SMILES string of the molecule is CC(C)NC(=O)c1cnc(N2CC(CC#N)(n3cc(C4C(C)NNC4C)cn3)C2)cn1. The van der Waals surface area contributed by atoms with E-state index in [9.17, 15) is 10.1 Å². The zero-order chi connectivity index (χ0) is 22.2. The van der Waals surface area contributed by atoms with Crippen LogP contribution in [-0.4, -0.2) is 56.9 Å². The first-order valence-corrected chi connectivity index (χ1v) is 10.6. The predicted molar refractivity (Wildman–Crippen MR) is 115 cm³/mol. The smallest absolute Gasteiger partial charge is 0.271 e. The van der Waals surface area contributed by atoms with Crippen molar-refractivity contribution in [3.63, 3.8) is 0 Å². The molecule has 2 atom stereocenters. The Labute approximate surface area is 182 Å². The minimum absolute atomic E-state index is 0.0386. The Balaban J connectivity index is 1.47. The summed E-state index contributed by atoms with van der Waals surface area (Å²) in [6.07, 6.45) is 7.45. The Bertz CT molecular complexity index is 961. The Morgan fingerprint density at radius 2 is 1.97 bits per heavy atom. The van der Waals surface area contributed by atoms with E-state index in [2.05, 4.69) is 62.2 Å². The number of hydrogen-bond acceptors (Lipinski definition) is 8. The molecule has 2 saturated heterocycles. The molecule has 0 spiro atoms. The fraction of sp³-hybridized carbons (Fsp3) is 0.571. The number of rotatable bonds is 6. The van der Waals surface area contributed by atoms with Gasteiger partial charge in [-0.3, -0.25) is 20.3 Å². The van der Waals surface area contributed by atoms with Crippen LogP contribution in [0.2, 0.25) is 0 Å². The van der Waals surface area contributed by atoms with E-state index in [1.807, 2.05) is 24.7 Å². The quantitative estimate of drug-likeness (QED) is 0.626. The first-order chi connectivity index (χ1) is 14.8. The van der Waals surface area contributed by atoms with E-state index in [-0.39, 0.29) is 11.9 Å². The lowest BCUT2D eigenvalue weighted by atomic mass is 9.86. The maximum Gasteiger partial charge on any atom is 0.271 e. The van der Waals surface area contributed by atoms with Crippen molar-refractivity contribution in [3.05, 3.63) is 36.0 Å². The molecule has 4 heterocycles. The minimum Gasteiger partial charge on any atom is -0.350 e. The zero-order valence-electron chi connectivity index (χ0n) is 18.3. The van der Waals surface area contributed by atoms with Crippen molar-refractivity contribution in [2.24, 2.45) is 0 Å². The van der Waals surface area contributed by atoms with Crippen LogP contribution in [0.3, 0.4) is 0 Å². The van der Waals surface area contributed by atoms with Crippen LogP contribution < -0.4 is 21.1 Å². The highest BCUT2D eigenvalue weighted by molar-refractivity contribution is 5.92. The summed E-state index contributed by atoms with van der Waals surface area (Å²) in [5.74, 6) is 0.771. The second-order valence-corrected chi connectivity index (χ2v) is 8.91. The van der Waals surface area contributed by atoms with Gasteiger partial charge in [-0.15, -0.1) is 0 Å². The minimum atomic E-state index is -0.395. The van der Waals surface area contributed by atoms with Crippen molar-refractivity contribution in [2.75, 3.05) is 18.0 Å². The first kappa shape index (κ1) is 21.2. The molecule has 0 aromatic carbocycles. The van der Waals surface area contributed by atoms with Gasteiger partial charge in [0.1, 0.15) is 17.1 Å². The van der Waals surface area contributed by atoms with Gasteiger partial charge in [0.05, 0.1) is 31.1 Å². The topological polar surface area (TPSA) is 124 Å². The van der Waals surface area contributed by atoms with Crippen LogP contribution in [0.15, 0.2) is 24.8 Å². The van der Waals surface area contributed by atoms with Gasteiger partial charge in [0.25, 0.3) is 5.91 Å². The van der Waals surface area contributed by atoms with Gasteiger partial charge < -0.3 is 10.2 Å². The summed E-state index contributed by atoms with van der Waals surface area (Å²) in [4.78, 5) is 22.8. The van der Waals surface area contributed by atoms with Crippen LogP contribution in [0.1, 0.15) is 56.1 Å². The number of carbonyl (C=O) groups excluding carboxylic acids is 1. The van der Waals surface area contributed by atoms with Gasteiger partial charge in [-0.2, -0.15) is 10.4 Å². The molecular formula is C21H29N9O. The summed E-state index contributed by atoms with van der Waals surface area (Å²) < 4.78 is 1.94. The van der Waals surface area contributed by atoms with Crippen molar-refractivity contribution in [2.45, 2.75) is 63.7 Å². The van der Waals surface area contributed by atoms with Crippen molar-refractivity contribution in [3.8, 4) is 6.07 Å². The molecule has 0 aliphatic carbocycles. The average Bonchev–Trinajstić information content (AvgIpc) is 3.30. The largest absolute Gasteiger partial charge is 0.350 e. The van der Waals surface area contributed by atoms with Crippen LogP contribution in [0.5, 0.6) is 0 Å². The van der Waals surface area contributed by atoms with Crippen molar-refractivity contribution in [1.82, 2.24) is 35.9 Å². The van der Waals surface area contributed by atoms with Crippen molar-refractivity contribution < 1.29 is 4.79 Å². The van der Waals surface area contributed by atoms with Gasteiger partial charge in [-0.1, -0.05) is 0 Å². The van der Waals surface area contributed by atoms with E-state index >= 15 is 0 Å². The Kier molecular flexibility index (Phi) is 5.64. The Hall–Kier alpha value is -3.03. The fourth-order valence-corrected chi connectivity index (χ4v) is 4.47. The molecule has 164 valence electrons. The molecule has 2 aliphatic heterocycles. The van der Waals surface area contributed by atoms with Gasteiger partial charge in [0.2, 0.25) is 0 Å². The maximum atomic E-state index is 12.1. The number of nitrogens with zero attached hydrogens (tertiary/aromatic N) is 6. The summed E-state index contributed by atoms with van der Waals surface area (Å²) in [5, 5.41) is 16.9. The first-order valence-electron chi connectivity index (χ1n) is 10.6. The lowest BCUT2D eigenvalue weighted by Crippen LogP contribution is -2.63. The molecule has 0 bridgehead atoms. The standard InChI is InChI=1S/C21H29N9O/c1-13(2)26-20(31)17-8-24-18(9-23-17)29-11-21(12-29,5-6-22)30-10-16(7-25-30)19-14(3)27-28-15(19)4/h7-10,13-15,19,27-28H,5,11-12H2,1-4H3,(H,26,31). The maximum absolute atomic E-state index is 12.1. The molecule has 2 fully saturated rings. The fourth-order valence-electron chi connectivity index (χ4n) is 4.47. The van der Waals surface area contributed by atoms with E-state index in [4.69, 9.17) is 0 Å². The predicted octanol–water partition coefficient (Wildman–Crippen LogP) is 0.909. The number of carbonyl (C=O) groups is 1. The number of nitrogens with one attached hydrogen (secondary N) is 3. The zero-order valence-corrected chi connectivity index (χ0v) is 18.3. The van der Waals surface area contributed by atoms with Gasteiger partial charge in [0.15, 0.2) is 0 Å². The van der Waals surface area contributed by atoms with Gasteiger partial charge in [-0.25, -0.2) is 9.97 Å². The number of nitriles is 1. The molecule has 4 rings (SSSR count). The Morgan fingerprint density at radius 3 is 2.55 bits per heavy atom. The number of anilines is 1. The van der Waals surface area contributed by atoms with Crippen LogP contribution in [0.4, 0.5) is 5.82 Å². The summed E-state index contributed by atoms with van der Waals surface area (Å²) in [7, 11) is 0. The second kappa shape index (κ2) is 8.24. The lowest BCUT2D eigenvalue weighted by molar-refractivity contribution is 0.0937. The third-order valence-corrected chi connectivity index (χ3v) is 6.08. The van der Waals surface area contributed by atoms with Gasteiger partial charge in [-0.05, 0) is 33.3 Å². The van der Waals surface area contributed by atoms with E-state index < -0.39 is 5.54 Å². The average molecular weight is 424 g/mol. The van der Waals surface area contributed by atoms with E-state index in [1.54, 1.807) is 6.20 Å². The van der Waals surface area contributed by atoms with E-state index in [0.717, 1.165) is 5.56 Å². The van der Waals surface area contributed by atoms with E-state index in [1.165, 1.54) is 6.20 Å². The molecule has 2 aromatic heterocycles. The molecule has 2 aliphatic rings. The molecular weight excluding hydrogens is 394 g/mol. The molecule has 2 aromatic rings. The summed E-state index contributed by atoms with van der Waals surface area (Å²) in [6, 6.07) is 2.97. The molecule has 10 heteroatoms. The Morgan fingerprint density at radius 1 is 1.26 bits per heavy atom. The van der Waals surface area contributed by atoms with E-state index in [0.29, 0.717) is 49.0 Å². The number of amides is 1. The third kappa shape index (κ3) is 3.98. The molecule has 0 saturated carbocycles. The molecule has 3 N–H and O–H groups in total. The molecule has 1 amide bonds. The molecule has 0 radical (unpaired) electrons. The van der Waals surface area contributed by atoms with Crippen molar-refractivity contribution in [1.29, 1.82) is 5.26 Å². The highest BCUT2D eigenvalue weighted by Gasteiger charge is 2.46.